The summed E-state index contributed by atoms with van der Waals surface area (Å²) in [4.78, 5) is 18.3. The van der Waals surface area contributed by atoms with Gasteiger partial charge in [-0.15, -0.1) is 0 Å². The van der Waals surface area contributed by atoms with Crippen LogP contribution in [0.1, 0.15) is 17.5 Å². The van der Waals surface area contributed by atoms with E-state index in [2.05, 4.69) is 21.3 Å². The van der Waals surface area contributed by atoms with Crippen LogP contribution in [0.5, 0.6) is 0 Å². The second-order valence-electron chi connectivity index (χ2n) is 6.30. The number of likely N-dealkylation sites (tertiary alicyclic amines) is 1. The van der Waals surface area contributed by atoms with Crippen molar-refractivity contribution in [2.75, 3.05) is 25.0 Å². The minimum absolute atomic E-state index is 0.0387. The second kappa shape index (κ2) is 7.28. The van der Waals surface area contributed by atoms with E-state index in [0.29, 0.717) is 11.5 Å². The van der Waals surface area contributed by atoms with Crippen LogP contribution in [0.25, 0.3) is 0 Å². The molecule has 0 spiro atoms. The van der Waals surface area contributed by atoms with Crippen LogP contribution >= 0.6 is 0 Å². The van der Waals surface area contributed by atoms with Gasteiger partial charge in [-0.05, 0) is 42.6 Å². The molecule has 3 heterocycles. The topological polar surface area (TPSA) is 73.9 Å². The van der Waals surface area contributed by atoms with Crippen molar-refractivity contribution in [3.8, 4) is 6.07 Å². The molecule has 0 bridgehead atoms. The summed E-state index contributed by atoms with van der Waals surface area (Å²) in [5.41, 5.74) is 1.68. The first kappa shape index (κ1) is 16.2. The molecule has 1 fully saturated rings. The number of aromatic nitrogens is 2. The number of rotatable bonds is 5. The highest BCUT2D eigenvalue weighted by Crippen LogP contribution is 2.19. The monoisotopic (exact) mass is 323 g/mol. The predicted molar refractivity (Wildman–Crippen MR) is 92.5 cm³/mol. The quantitative estimate of drug-likeness (QED) is 0.904. The van der Waals surface area contributed by atoms with Gasteiger partial charge in [-0.25, -0.2) is 4.98 Å². The normalized spacial score (nSPS) is 17.6. The zero-order valence-electron chi connectivity index (χ0n) is 13.8. The molecule has 0 aromatic carbocycles. The van der Waals surface area contributed by atoms with E-state index < -0.39 is 0 Å². The molecule has 24 heavy (non-hydrogen) atoms. The molecule has 1 aliphatic rings. The number of aryl methyl sites for hydroxylation is 1. The van der Waals surface area contributed by atoms with Gasteiger partial charge in [0.1, 0.15) is 11.9 Å². The van der Waals surface area contributed by atoms with E-state index in [-0.39, 0.29) is 5.56 Å². The highest BCUT2D eigenvalue weighted by molar-refractivity contribution is 5.38. The third-order valence-electron chi connectivity index (χ3n) is 4.41. The first-order valence-electron chi connectivity index (χ1n) is 8.12. The van der Waals surface area contributed by atoms with E-state index in [1.807, 2.05) is 18.3 Å². The summed E-state index contributed by atoms with van der Waals surface area (Å²) in [7, 11) is 1.76. The maximum absolute atomic E-state index is 11.7. The largest absolute Gasteiger partial charge is 0.370 e. The van der Waals surface area contributed by atoms with Gasteiger partial charge in [0.15, 0.2) is 0 Å². The van der Waals surface area contributed by atoms with E-state index in [1.54, 1.807) is 29.9 Å². The zero-order chi connectivity index (χ0) is 16.9. The Hall–Kier alpha value is -2.65. The summed E-state index contributed by atoms with van der Waals surface area (Å²) >= 11 is 0. The molecule has 0 radical (unpaired) electrons. The average molecular weight is 323 g/mol. The molecule has 6 heteroatoms. The first-order valence-corrected chi connectivity index (χ1v) is 8.12. The lowest BCUT2D eigenvalue weighted by Crippen LogP contribution is -2.24. The van der Waals surface area contributed by atoms with E-state index in [0.717, 1.165) is 44.0 Å². The van der Waals surface area contributed by atoms with Crippen molar-refractivity contribution in [3.05, 3.63) is 58.1 Å². The van der Waals surface area contributed by atoms with Crippen LogP contribution < -0.4 is 10.9 Å². The van der Waals surface area contributed by atoms with Crippen molar-refractivity contribution in [2.24, 2.45) is 13.0 Å². The van der Waals surface area contributed by atoms with Gasteiger partial charge in [-0.3, -0.25) is 9.69 Å². The molecule has 6 nitrogen and oxygen atoms in total. The molecule has 1 atom stereocenters. The molecule has 124 valence electrons. The second-order valence-corrected chi connectivity index (χ2v) is 6.30. The highest BCUT2D eigenvalue weighted by atomic mass is 16.1. The van der Waals surface area contributed by atoms with Crippen LogP contribution in [-0.4, -0.2) is 34.1 Å². The van der Waals surface area contributed by atoms with Gasteiger partial charge in [-0.1, -0.05) is 0 Å². The lowest BCUT2D eigenvalue weighted by molar-refractivity contribution is 0.318. The Labute approximate surface area is 141 Å². The number of nitrogens with zero attached hydrogens (tertiary/aromatic N) is 4. The molecule has 3 rings (SSSR count). The van der Waals surface area contributed by atoms with E-state index in [4.69, 9.17) is 5.26 Å². The number of nitriles is 1. The predicted octanol–water partition coefficient (Wildman–Crippen LogP) is 1.59. The molecule has 0 saturated carbocycles. The van der Waals surface area contributed by atoms with Gasteiger partial charge in [0.25, 0.3) is 5.56 Å². The molecular formula is C18H21N5O. The summed E-state index contributed by atoms with van der Waals surface area (Å²) in [5.74, 6) is 1.37. The lowest BCUT2D eigenvalue weighted by atomic mass is 10.1. The van der Waals surface area contributed by atoms with Gasteiger partial charge >= 0.3 is 0 Å². The third-order valence-corrected chi connectivity index (χ3v) is 4.41. The first-order chi connectivity index (χ1) is 11.6. The molecule has 1 N–H and O–H groups in total. The lowest BCUT2D eigenvalue weighted by Gasteiger charge is -2.16. The van der Waals surface area contributed by atoms with Crippen LogP contribution in [0.2, 0.25) is 0 Å². The molecule has 1 saturated heterocycles. The average Bonchev–Trinajstić information content (AvgIpc) is 3.04. The van der Waals surface area contributed by atoms with Gasteiger partial charge in [0, 0.05) is 45.1 Å². The van der Waals surface area contributed by atoms with Crippen molar-refractivity contribution in [3.63, 3.8) is 0 Å². The van der Waals surface area contributed by atoms with Crippen LogP contribution in [0, 0.1) is 17.2 Å². The zero-order valence-corrected chi connectivity index (χ0v) is 13.8. The maximum Gasteiger partial charge on any atom is 0.250 e. The molecule has 0 aliphatic carbocycles. The fraction of sp³-hybridized carbons (Fsp3) is 0.389. The van der Waals surface area contributed by atoms with Gasteiger partial charge in [0.2, 0.25) is 0 Å². The summed E-state index contributed by atoms with van der Waals surface area (Å²) in [6, 6.07) is 9.40. The fourth-order valence-corrected chi connectivity index (χ4v) is 2.98. The third kappa shape index (κ3) is 4.00. The van der Waals surface area contributed by atoms with Gasteiger partial charge in [-0.2, -0.15) is 5.26 Å². The Morgan fingerprint density at radius 2 is 2.29 bits per heavy atom. The minimum Gasteiger partial charge on any atom is -0.370 e. The minimum atomic E-state index is 0.0387. The standard InChI is InChI=1S/C18H21N5O/c1-22-6-4-14(8-18(22)24)12-23-7-5-16(13-23)11-21-17-3-2-15(9-19)10-20-17/h2-4,6,8,10,16H,5,7,11-13H2,1H3,(H,20,21). The number of hydrogen-bond donors (Lipinski definition) is 1. The smallest absolute Gasteiger partial charge is 0.250 e. The Kier molecular flexibility index (Phi) is 4.92. The molecule has 2 aromatic heterocycles. The molecule has 1 aliphatic heterocycles. The van der Waals surface area contributed by atoms with Crippen molar-refractivity contribution >= 4 is 5.82 Å². The van der Waals surface area contributed by atoms with Crippen LogP contribution in [-0.2, 0) is 13.6 Å². The summed E-state index contributed by atoms with van der Waals surface area (Å²) < 4.78 is 1.59. The van der Waals surface area contributed by atoms with Gasteiger partial charge < -0.3 is 9.88 Å². The van der Waals surface area contributed by atoms with E-state index in [1.165, 1.54) is 0 Å². The Balaban J connectivity index is 1.49. The summed E-state index contributed by atoms with van der Waals surface area (Å²) in [6.07, 6.45) is 4.54. The van der Waals surface area contributed by atoms with Crippen molar-refractivity contribution in [1.29, 1.82) is 5.26 Å². The van der Waals surface area contributed by atoms with Gasteiger partial charge in [0.05, 0.1) is 5.56 Å². The fourth-order valence-electron chi connectivity index (χ4n) is 2.98. The molecular weight excluding hydrogens is 302 g/mol. The summed E-state index contributed by atoms with van der Waals surface area (Å²) in [5, 5.41) is 12.1. The van der Waals surface area contributed by atoms with Crippen molar-refractivity contribution in [2.45, 2.75) is 13.0 Å². The maximum atomic E-state index is 11.7. The van der Waals surface area contributed by atoms with E-state index in [9.17, 15) is 4.79 Å². The SMILES string of the molecule is Cn1ccc(CN2CCC(CNc3ccc(C#N)cn3)C2)cc1=O. The Bertz CT molecular complexity index is 790. The number of anilines is 1. The molecule has 2 aromatic rings. The Morgan fingerprint density at radius 3 is 3.00 bits per heavy atom. The van der Waals surface area contributed by atoms with Crippen molar-refractivity contribution in [1.82, 2.24) is 14.5 Å². The van der Waals surface area contributed by atoms with Crippen LogP contribution in [0.3, 0.4) is 0 Å². The summed E-state index contributed by atoms with van der Waals surface area (Å²) in [6.45, 7) is 3.74. The number of nitrogens with one attached hydrogen (secondary N) is 1. The molecule has 0 amide bonds. The van der Waals surface area contributed by atoms with Crippen molar-refractivity contribution < 1.29 is 0 Å². The van der Waals surface area contributed by atoms with E-state index >= 15 is 0 Å². The van der Waals surface area contributed by atoms with Crippen LogP contribution in [0.15, 0.2) is 41.5 Å². The Morgan fingerprint density at radius 1 is 1.42 bits per heavy atom. The molecule has 1 unspecified atom stereocenters. The number of pyridine rings is 2. The highest BCUT2D eigenvalue weighted by Gasteiger charge is 2.22. The van der Waals surface area contributed by atoms with Crippen LogP contribution in [0.4, 0.5) is 5.82 Å². The number of hydrogen-bond acceptors (Lipinski definition) is 5.